The normalized spacial score (nSPS) is 16.2. The molecule has 3 rings (SSSR count). The van der Waals surface area contributed by atoms with Crippen molar-refractivity contribution >= 4 is 5.69 Å². The predicted octanol–water partition coefficient (Wildman–Crippen LogP) is 2.75. The van der Waals surface area contributed by atoms with E-state index in [9.17, 15) is 10.1 Å². The molecule has 0 spiro atoms. The van der Waals surface area contributed by atoms with Crippen LogP contribution in [0.3, 0.4) is 0 Å². The van der Waals surface area contributed by atoms with Crippen LogP contribution in [0.5, 0.6) is 0 Å². The van der Waals surface area contributed by atoms with Gasteiger partial charge in [0.15, 0.2) is 5.82 Å². The average molecular weight is 273 g/mol. The van der Waals surface area contributed by atoms with Crippen LogP contribution in [0.2, 0.25) is 0 Å². The van der Waals surface area contributed by atoms with E-state index >= 15 is 0 Å². The van der Waals surface area contributed by atoms with Crippen LogP contribution in [0.1, 0.15) is 38.1 Å². The monoisotopic (exact) mass is 273 g/mol. The fraction of sp³-hybridized carbons (Fsp3) is 0.462. The van der Waals surface area contributed by atoms with E-state index in [0.29, 0.717) is 5.82 Å². The van der Waals surface area contributed by atoms with Gasteiger partial charge in [0.1, 0.15) is 6.20 Å². The SMILES string of the molecule is O=[N+]([O-])c1cn(C2CCCCC2)nc1-c1ncccn1. The molecule has 2 aromatic heterocycles. The maximum absolute atomic E-state index is 11.2. The lowest BCUT2D eigenvalue weighted by molar-refractivity contribution is -0.384. The molecule has 0 atom stereocenters. The van der Waals surface area contributed by atoms with Gasteiger partial charge in [-0.25, -0.2) is 9.97 Å². The highest BCUT2D eigenvalue weighted by molar-refractivity contribution is 5.62. The van der Waals surface area contributed by atoms with E-state index in [1.807, 2.05) is 0 Å². The molecule has 2 aromatic rings. The Balaban J connectivity index is 2.00. The van der Waals surface area contributed by atoms with Gasteiger partial charge in [0.2, 0.25) is 5.69 Å². The van der Waals surface area contributed by atoms with Crippen LogP contribution < -0.4 is 0 Å². The number of rotatable bonds is 3. The highest BCUT2D eigenvalue weighted by atomic mass is 16.6. The van der Waals surface area contributed by atoms with Crippen molar-refractivity contribution in [1.82, 2.24) is 19.7 Å². The highest BCUT2D eigenvalue weighted by Crippen LogP contribution is 2.32. The third kappa shape index (κ3) is 2.38. The molecule has 0 aliphatic heterocycles. The van der Waals surface area contributed by atoms with E-state index in [2.05, 4.69) is 15.1 Å². The predicted molar refractivity (Wildman–Crippen MR) is 72.0 cm³/mol. The van der Waals surface area contributed by atoms with Crippen LogP contribution >= 0.6 is 0 Å². The van der Waals surface area contributed by atoms with Crippen LogP contribution in [0.25, 0.3) is 11.5 Å². The Kier molecular flexibility index (Phi) is 3.41. The summed E-state index contributed by atoms with van der Waals surface area (Å²) >= 11 is 0. The second kappa shape index (κ2) is 5.36. The lowest BCUT2D eigenvalue weighted by Crippen LogP contribution is -2.13. The molecule has 1 saturated carbocycles. The van der Waals surface area contributed by atoms with E-state index in [1.54, 1.807) is 23.1 Å². The molecule has 1 aliphatic rings. The first-order valence-corrected chi connectivity index (χ1v) is 6.76. The Morgan fingerprint density at radius 2 is 1.90 bits per heavy atom. The second-order valence-electron chi connectivity index (χ2n) is 4.96. The van der Waals surface area contributed by atoms with Crippen molar-refractivity contribution in [3.8, 4) is 11.5 Å². The Bertz CT molecular complexity index is 604. The van der Waals surface area contributed by atoms with Gasteiger partial charge in [-0.2, -0.15) is 5.10 Å². The quantitative estimate of drug-likeness (QED) is 0.634. The summed E-state index contributed by atoms with van der Waals surface area (Å²) in [5, 5.41) is 15.6. The largest absolute Gasteiger partial charge is 0.318 e. The molecule has 20 heavy (non-hydrogen) atoms. The van der Waals surface area contributed by atoms with Crippen molar-refractivity contribution in [3.63, 3.8) is 0 Å². The molecule has 0 N–H and O–H groups in total. The maximum Gasteiger partial charge on any atom is 0.318 e. The lowest BCUT2D eigenvalue weighted by Gasteiger charge is -2.21. The zero-order chi connectivity index (χ0) is 13.9. The van der Waals surface area contributed by atoms with Gasteiger partial charge in [0, 0.05) is 12.4 Å². The van der Waals surface area contributed by atoms with Crippen molar-refractivity contribution in [1.29, 1.82) is 0 Å². The van der Waals surface area contributed by atoms with E-state index in [4.69, 9.17) is 0 Å². The summed E-state index contributed by atoms with van der Waals surface area (Å²) in [7, 11) is 0. The van der Waals surface area contributed by atoms with Crippen LogP contribution in [-0.4, -0.2) is 24.7 Å². The van der Waals surface area contributed by atoms with Crippen molar-refractivity contribution in [2.75, 3.05) is 0 Å². The summed E-state index contributed by atoms with van der Waals surface area (Å²) in [5.41, 5.74) is 0.225. The number of hydrogen-bond acceptors (Lipinski definition) is 5. The molecule has 0 saturated heterocycles. The number of hydrogen-bond donors (Lipinski definition) is 0. The van der Waals surface area contributed by atoms with Gasteiger partial charge in [-0.3, -0.25) is 14.8 Å². The fourth-order valence-corrected chi connectivity index (χ4v) is 2.63. The maximum atomic E-state index is 11.2. The zero-order valence-electron chi connectivity index (χ0n) is 11.0. The van der Waals surface area contributed by atoms with Gasteiger partial charge in [0.05, 0.1) is 11.0 Å². The summed E-state index contributed by atoms with van der Waals surface area (Å²) in [5.74, 6) is 0.300. The lowest BCUT2D eigenvalue weighted by atomic mass is 9.96. The van der Waals surface area contributed by atoms with E-state index in [0.717, 1.165) is 25.7 Å². The minimum atomic E-state index is -0.419. The zero-order valence-corrected chi connectivity index (χ0v) is 11.0. The highest BCUT2D eigenvalue weighted by Gasteiger charge is 2.26. The number of nitrogens with zero attached hydrogens (tertiary/aromatic N) is 5. The molecular formula is C13H15N5O2. The van der Waals surface area contributed by atoms with Gasteiger partial charge in [0.25, 0.3) is 0 Å². The van der Waals surface area contributed by atoms with Crippen molar-refractivity contribution in [2.24, 2.45) is 0 Å². The Morgan fingerprint density at radius 1 is 1.20 bits per heavy atom. The number of aromatic nitrogens is 4. The Morgan fingerprint density at radius 3 is 2.55 bits per heavy atom. The van der Waals surface area contributed by atoms with E-state index < -0.39 is 4.92 Å². The third-order valence-electron chi connectivity index (χ3n) is 3.64. The van der Waals surface area contributed by atoms with Crippen LogP contribution in [-0.2, 0) is 0 Å². The molecule has 0 unspecified atom stereocenters. The first-order chi connectivity index (χ1) is 9.75. The summed E-state index contributed by atoms with van der Waals surface area (Å²) in [6, 6.07) is 1.92. The molecule has 0 radical (unpaired) electrons. The molecule has 1 fully saturated rings. The van der Waals surface area contributed by atoms with Gasteiger partial charge < -0.3 is 0 Å². The third-order valence-corrected chi connectivity index (χ3v) is 3.64. The molecule has 104 valence electrons. The van der Waals surface area contributed by atoms with Crippen LogP contribution in [0.4, 0.5) is 5.69 Å². The van der Waals surface area contributed by atoms with Crippen LogP contribution in [0.15, 0.2) is 24.7 Å². The summed E-state index contributed by atoms with van der Waals surface area (Å²) < 4.78 is 1.73. The van der Waals surface area contributed by atoms with Crippen molar-refractivity contribution < 1.29 is 4.92 Å². The molecule has 0 bridgehead atoms. The molecule has 7 nitrogen and oxygen atoms in total. The van der Waals surface area contributed by atoms with Gasteiger partial charge >= 0.3 is 5.69 Å². The summed E-state index contributed by atoms with van der Waals surface area (Å²) in [6.45, 7) is 0. The van der Waals surface area contributed by atoms with Gasteiger partial charge in [-0.1, -0.05) is 19.3 Å². The standard InChI is InChI=1S/C13H15N5O2/c19-18(20)11-9-17(10-5-2-1-3-6-10)16-12(11)13-14-7-4-8-15-13/h4,7-10H,1-3,5-6H2. The smallest absolute Gasteiger partial charge is 0.262 e. The van der Waals surface area contributed by atoms with Gasteiger partial charge in [-0.05, 0) is 18.9 Å². The van der Waals surface area contributed by atoms with Crippen molar-refractivity contribution in [2.45, 2.75) is 38.1 Å². The topological polar surface area (TPSA) is 86.7 Å². The second-order valence-corrected chi connectivity index (χ2v) is 4.96. The van der Waals surface area contributed by atoms with Crippen LogP contribution in [0, 0.1) is 10.1 Å². The Hall–Kier alpha value is -2.31. The average Bonchev–Trinajstić information content (AvgIpc) is 2.94. The first kappa shape index (κ1) is 12.7. The van der Waals surface area contributed by atoms with Gasteiger partial charge in [-0.15, -0.1) is 0 Å². The molecular weight excluding hydrogens is 258 g/mol. The van der Waals surface area contributed by atoms with E-state index in [1.165, 1.54) is 12.6 Å². The van der Waals surface area contributed by atoms with Crippen molar-refractivity contribution in [3.05, 3.63) is 34.8 Å². The molecule has 0 amide bonds. The number of nitro groups is 1. The fourth-order valence-electron chi connectivity index (χ4n) is 2.63. The molecule has 2 heterocycles. The first-order valence-electron chi connectivity index (χ1n) is 6.76. The summed E-state index contributed by atoms with van der Waals surface area (Å²) in [6.07, 6.45) is 10.2. The molecule has 7 heteroatoms. The Labute approximate surface area is 115 Å². The molecule has 0 aromatic carbocycles. The van der Waals surface area contributed by atoms with E-state index in [-0.39, 0.29) is 17.4 Å². The minimum Gasteiger partial charge on any atom is -0.262 e. The molecule has 1 aliphatic carbocycles. The summed E-state index contributed by atoms with van der Waals surface area (Å²) in [4.78, 5) is 18.9. The minimum absolute atomic E-state index is 0.0261.